The molecule has 0 spiro atoms. The van der Waals surface area contributed by atoms with Crippen molar-refractivity contribution in [2.75, 3.05) is 25.6 Å². The van der Waals surface area contributed by atoms with Gasteiger partial charge in [0.15, 0.2) is 0 Å². The molecular weight excluding hydrogens is 359 g/mol. The topological polar surface area (TPSA) is 85.2 Å². The third kappa shape index (κ3) is 4.05. The molecule has 3 rings (SSSR count). The Morgan fingerprint density at radius 2 is 2.04 bits per heavy atom. The fourth-order valence-electron chi connectivity index (χ4n) is 2.57. The zero-order valence-corrected chi connectivity index (χ0v) is 15.1. The largest absolute Gasteiger partial charge is 0.385 e. The number of amides is 2. The molecule has 0 saturated carbocycles. The maximum Gasteiger partial charge on any atom is 0.314 e. The van der Waals surface area contributed by atoms with Crippen LogP contribution in [0.3, 0.4) is 0 Å². The third-order valence-corrected chi connectivity index (χ3v) is 4.84. The van der Waals surface area contributed by atoms with Crippen molar-refractivity contribution in [3.05, 3.63) is 41.3 Å². The van der Waals surface area contributed by atoms with Crippen molar-refractivity contribution in [2.24, 2.45) is 0 Å². The Morgan fingerprint density at radius 3 is 2.77 bits per heavy atom. The molecule has 2 N–H and O–H groups in total. The molecule has 1 aliphatic rings. The Bertz CT molecular complexity index is 807. The average Bonchev–Trinajstić information content (AvgIpc) is 3.22. The van der Waals surface area contributed by atoms with Crippen molar-refractivity contribution in [1.82, 2.24) is 15.1 Å². The van der Waals surface area contributed by atoms with Crippen LogP contribution in [-0.2, 0) is 25.8 Å². The highest BCUT2D eigenvalue weighted by atomic mass is 32.2. The molecule has 1 aliphatic heterocycles. The number of carbonyl (C=O) groups is 2. The smallest absolute Gasteiger partial charge is 0.314 e. The highest BCUT2D eigenvalue weighted by Crippen LogP contribution is 2.36. The Balaban J connectivity index is 1.77. The molecule has 7 nitrogen and oxygen atoms in total. The van der Waals surface area contributed by atoms with Crippen LogP contribution >= 0.6 is 11.8 Å². The second-order valence-electron chi connectivity index (χ2n) is 5.71. The number of carbonyl (C=O) groups excluding carboxylic acids is 2. The summed E-state index contributed by atoms with van der Waals surface area (Å²) in [6.45, 7) is 0.856. The number of fused-ring (bicyclic) bond motifs is 1. The molecule has 0 saturated heterocycles. The number of ether oxygens (including phenoxy) is 1. The SMILES string of the molecule is COCCCNC(=O)C(=O)Nc1c2c(nn1-c1ccc(F)cc1)CSC2. The molecule has 0 aliphatic carbocycles. The lowest BCUT2D eigenvalue weighted by Gasteiger charge is -2.11. The van der Waals surface area contributed by atoms with Crippen molar-refractivity contribution >= 4 is 29.4 Å². The number of hydrogen-bond acceptors (Lipinski definition) is 5. The maximum absolute atomic E-state index is 13.2. The van der Waals surface area contributed by atoms with Crippen molar-refractivity contribution in [2.45, 2.75) is 17.9 Å². The van der Waals surface area contributed by atoms with Crippen LogP contribution in [0, 0.1) is 5.82 Å². The summed E-state index contributed by atoms with van der Waals surface area (Å²) < 4.78 is 19.6. The number of aromatic nitrogens is 2. The van der Waals surface area contributed by atoms with Gasteiger partial charge in [-0.3, -0.25) is 9.59 Å². The molecule has 2 amide bonds. The van der Waals surface area contributed by atoms with Crippen LogP contribution in [-0.4, -0.2) is 41.9 Å². The van der Waals surface area contributed by atoms with E-state index in [0.717, 1.165) is 17.0 Å². The summed E-state index contributed by atoms with van der Waals surface area (Å²) in [5, 5.41) is 9.70. The molecule has 1 aromatic heterocycles. The first kappa shape index (κ1) is 18.4. The van der Waals surface area contributed by atoms with Crippen LogP contribution in [0.15, 0.2) is 24.3 Å². The Kier molecular flexibility index (Phi) is 5.89. The molecule has 2 aromatic rings. The van der Waals surface area contributed by atoms with Crippen LogP contribution in [0.4, 0.5) is 10.2 Å². The van der Waals surface area contributed by atoms with Gasteiger partial charge in [-0.1, -0.05) is 0 Å². The van der Waals surface area contributed by atoms with Gasteiger partial charge >= 0.3 is 11.8 Å². The molecule has 0 fully saturated rings. The van der Waals surface area contributed by atoms with Gasteiger partial charge in [-0.2, -0.15) is 16.9 Å². The zero-order valence-electron chi connectivity index (χ0n) is 14.3. The second kappa shape index (κ2) is 8.33. The van der Waals surface area contributed by atoms with Gasteiger partial charge in [0.25, 0.3) is 0 Å². The van der Waals surface area contributed by atoms with Gasteiger partial charge in [-0.15, -0.1) is 0 Å². The zero-order chi connectivity index (χ0) is 18.5. The van der Waals surface area contributed by atoms with Gasteiger partial charge in [0.2, 0.25) is 0 Å². The van der Waals surface area contributed by atoms with Crippen molar-refractivity contribution in [3.8, 4) is 5.69 Å². The highest BCUT2D eigenvalue weighted by Gasteiger charge is 2.26. The first-order valence-corrected chi connectivity index (χ1v) is 9.28. The first-order chi connectivity index (χ1) is 12.6. The van der Waals surface area contributed by atoms with E-state index < -0.39 is 11.8 Å². The molecule has 26 heavy (non-hydrogen) atoms. The van der Waals surface area contributed by atoms with E-state index in [2.05, 4.69) is 15.7 Å². The van der Waals surface area contributed by atoms with Gasteiger partial charge in [0, 0.05) is 37.3 Å². The lowest BCUT2D eigenvalue weighted by atomic mass is 10.2. The molecule has 0 unspecified atom stereocenters. The number of benzene rings is 1. The summed E-state index contributed by atoms with van der Waals surface area (Å²) in [4.78, 5) is 24.2. The van der Waals surface area contributed by atoms with Crippen LogP contribution in [0.5, 0.6) is 0 Å². The number of hydrogen-bond donors (Lipinski definition) is 2. The molecule has 138 valence electrons. The van der Waals surface area contributed by atoms with Crippen LogP contribution < -0.4 is 10.6 Å². The number of nitrogens with one attached hydrogen (secondary N) is 2. The summed E-state index contributed by atoms with van der Waals surface area (Å²) >= 11 is 1.68. The summed E-state index contributed by atoms with van der Waals surface area (Å²) in [5.74, 6) is 0.0495. The Morgan fingerprint density at radius 1 is 1.27 bits per heavy atom. The Hall–Kier alpha value is -2.39. The monoisotopic (exact) mass is 378 g/mol. The third-order valence-electron chi connectivity index (χ3n) is 3.87. The van der Waals surface area contributed by atoms with E-state index in [1.165, 1.54) is 12.1 Å². The molecular formula is C17H19FN4O3S. The van der Waals surface area contributed by atoms with E-state index >= 15 is 0 Å². The molecule has 0 atom stereocenters. The normalized spacial score (nSPS) is 12.7. The summed E-state index contributed by atoms with van der Waals surface area (Å²) in [6.07, 6.45) is 0.620. The Labute approximate surface area is 154 Å². The fourth-order valence-corrected chi connectivity index (χ4v) is 3.61. The molecule has 0 radical (unpaired) electrons. The van der Waals surface area contributed by atoms with Gasteiger partial charge < -0.3 is 15.4 Å². The van der Waals surface area contributed by atoms with Crippen LogP contribution in [0.2, 0.25) is 0 Å². The predicted octanol–water partition coefficient (Wildman–Crippen LogP) is 1.85. The van der Waals surface area contributed by atoms with Gasteiger partial charge in [0.05, 0.1) is 11.4 Å². The van der Waals surface area contributed by atoms with Crippen LogP contribution in [0.25, 0.3) is 5.69 Å². The fraction of sp³-hybridized carbons (Fsp3) is 0.353. The number of methoxy groups -OCH3 is 1. The van der Waals surface area contributed by atoms with E-state index in [4.69, 9.17) is 4.74 Å². The van der Waals surface area contributed by atoms with Crippen molar-refractivity contribution in [1.29, 1.82) is 0 Å². The van der Waals surface area contributed by atoms with Gasteiger partial charge in [0.1, 0.15) is 11.6 Å². The van der Waals surface area contributed by atoms with Crippen LogP contribution in [0.1, 0.15) is 17.7 Å². The van der Waals surface area contributed by atoms with Crippen molar-refractivity contribution < 1.29 is 18.7 Å². The molecule has 1 aromatic carbocycles. The number of rotatable bonds is 6. The number of thioether (sulfide) groups is 1. The maximum atomic E-state index is 13.2. The van der Waals surface area contributed by atoms with E-state index in [9.17, 15) is 14.0 Å². The van der Waals surface area contributed by atoms with E-state index in [1.807, 2.05) is 0 Å². The first-order valence-electron chi connectivity index (χ1n) is 8.12. The second-order valence-corrected chi connectivity index (χ2v) is 6.70. The molecule has 2 heterocycles. The summed E-state index contributed by atoms with van der Waals surface area (Å²) in [6, 6.07) is 5.80. The lowest BCUT2D eigenvalue weighted by molar-refractivity contribution is -0.136. The number of nitrogens with zero attached hydrogens (tertiary/aromatic N) is 2. The van der Waals surface area contributed by atoms with Crippen molar-refractivity contribution in [3.63, 3.8) is 0 Å². The average molecular weight is 378 g/mol. The molecule has 9 heteroatoms. The van der Waals surface area contributed by atoms with E-state index in [1.54, 1.807) is 35.7 Å². The summed E-state index contributed by atoms with van der Waals surface area (Å²) in [7, 11) is 1.57. The minimum Gasteiger partial charge on any atom is -0.385 e. The number of anilines is 1. The lowest BCUT2D eigenvalue weighted by Crippen LogP contribution is -2.36. The van der Waals surface area contributed by atoms with E-state index in [0.29, 0.717) is 36.8 Å². The minimum absolute atomic E-state index is 0.352. The standard InChI is InChI=1S/C17H19FN4O3S/c1-25-8-2-7-19-16(23)17(24)20-15-13-9-26-10-14(13)21-22(15)12-5-3-11(18)4-6-12/h3-6H,2,7-10H2,1H3,(H,19,23)(H,20,24). The molecule has 0 bridgehead atoms. The quantitative estimate of drug-likeness (QED) is 0.592. The predicted molar refractivity (Wildman–Crippen MR) is 96.7 cm³/mol. The minimum atomic E-state index is -0.759. The summed E-state index contributed by atoms with van der Waals surface area (Å²) in [5.41, 5.74) is 2.36. The van der Waals surface area contributed by atoms with Gasteiger partial charge in [-0.25, -0.2) is 9.07 Å². The highest BCUT2D eigenvalue weighted by molar-refractivity contribution is 7.98. The van der Waals surface area contributed by atoms with E-state index in [-0.39, 0.29) is 5.82 Å². The number of halogens is 1. The van der Waals surface area contributed by atoms with Gasteiger partial charge in [-0.05, 0) is 30.7 Å².